The maximum atomic E-state index is 13.8. The van der Waals surface area contributed by atoms with Crippen LogP contribution in [0.2, 0.25) is 0 Å². The van der Waals surface area contributed by atoms with Crippen LogP contribution < -0.4 is 9.80 Å². The normalized spacial score (nSPS) is 15.8. The molecule has 0 aromatic heterocycles. The van der Waals surface area contributed by atoms with Crippen molar-refractivity contribution < 1.29 is 20.1 Å². The summed E-state index contributed by atoms with van der Waals surface area (Å²) in [4.78, 5) is 17.3. The Morgan fingerprint density at radius 2 is 1.57 bits per heavy atom. The highest BCUT2D eigenvalue weighted by molar-refractivity contribution is 6.15. The topological polar surface area (TPSA) is 84.2 Å². The average Bonchev–Trinajstić information content (AvgIpc) is 3.66. The molecule has 196 valence electrons. The molecule has 1 amide bonds. The molecule has 0 radical (unpaired) electrons. The number of para-hydroxylation sites is 1. The molecule has 0 spiro atoms. The number of rotatable bonds is 9. The Balaban J connectivity index is 1.61. The van der Waals surface area contributed by atoms with Crippen molar-refractivity contribution in [3.05, 3.63) is 70.8 Å². The first-order valence-corrected chi connectivity index (χ1v) is 13.1. The Labute approximate surface area is 219 Å². The molecule has 3 N–H and O–H groups in total. The predicted octanol–water partition coefficient (Wildman–Crippen LogP) is 7.48. The Hall–Kier alpha value is -3.67. The van der Waals surface area contributed by atoms with Gasteiger partial charge in [-0.3, -0.25) is 4.79 Å². The minimum Gasteiger partial charge on any atom is -0.508 e. The van der Waals surface area contributed by atoms with Crippen molar-refractivity contribution in [1.82, 2.24) is 0 Å². The first kappa shape index (κ1) is 26.4. The maximum absolute atomic E-state index is 13.8. The van der Waals surface area contributed by atoms with Crippen LogP contribution in [0, 0.1) is 0 Å². The molecule has 1 heterocycles. The lowest BCUT2D eigenvalue weighted by Crippen LogP contribution is -2.30. The van der Waals surface area contributed by atoms with Crippen LogP contribution >= 0.6 is 0 Å². The SMILES string of the molecule is CC(C)=CCCC(C)=CCCC(C)=CCN1C(=O)c2cccc(O)c2N(C2CC2)c2c(O)cc(O)cc21. The van der Waals surface area contributed by atoms with Gasteiger partial charge in [-0.05, 0) is 78.4 Å². The molecule has 1 fully saturated rings. The van der Waals surface area contributed by atoms with E-state index < -0.39 is 0 Å². The number of benzene rings is 2. The minimum absolute atomic E-state index is 0.00325. The lowest BCUT2D eigenvalue weighted by Gasteiger charge is -2.28. The molecule has 0 bridgehead atoms. The lowest BCUT2D eigenvalue weighted by atomic mass is 10.1. The van der Waals surface area contributed by atoms with Gasteiger partial charge in [0.25, 0.3) is 5.91 Å². The highest BCUT2D eigenvalue weighted by Crippen LogP contribution is 2.53. The minimum atomic E-state index is -0.278. The predicted molar refractivity (Wildman–Crippen MR) is 150 cm³/mol. The average molecular weight is 503 g/mol. The second-order valence-electron chi connectivity index (χ2n) is 10.5. The smallest absolute Gasteiger partial charge is 0.260 e. The van der Waals surface area contributed by atoms with Crippen LogP contribution in [0.4, 0.5) is 17.1 Å². The Morgan fingerprint density at radius 1 is 0.892 bits per heavy atom. The van der Waals surface area contributed by atoms with Gasteiger partial charge in [-0.15, -0.1) is 0 Å². The van der Waals surface area contributed by atoms with Gasteiger partial charge in [0, 0.05) is 24.7 Å². The monoisotopic (exact) mass is 502 g/mol. The molecule has 1 aliphatic heterocycles. The molecule has 4 rings (SSSR count). The fraction of sp³-hybridized carbons (Fsp3) is 0.387. The number of nitrogens with zero attached hydrogens (tertiary/aromatic N) is 2. The van der Waals surface area contributed by atoms with E-state index in [-0.39, 0.29) is 35.7 Å². The van der Waals surface area contributed by atoms with Crippen molar-refractivity contribution in [2.75, 3.05) is 16.3 Å². The van der Waals surface area contributed by atoms with E-state index in [2.05, 4.69) is 39.8 Å². The standard InChI is InChI=1S/C31H38N2O4/c1-20(2)8-5-9-21(3)10-6-11-22(4)16-17-32-26-18-24(34)19-28(36)30(26)33(23-14-15-23)29-25(31(32)37)12-7-13-27(29)35/h7-8,10,12-13,16,18-19,23,34-36H,5-6,9,11,14-15,17H2,1-4H3. The molecule has 2 aromatic carbocycles. The molecular formula is C31H38N2O4. The Kier molecular flexibility index (Phi) is 7.96. The fourth-order valence-corrected chi connectivity index (χ4v) is 4.83. The molecule has 0 unspecified atom stereocenters. The Bertz CT molecular complexity index is 1270. The van der Waals surface area contributed by atoms with E-state index in [1.807, 2.05) is 11.0 Å². The van der Waals surface area contributed by atoms with E-state index in [0.29, 0.717) is 22.6 Å². The zero-order valence-electron chi connectivity index (χ0n) is 22.3. The first-order chi connectivity index (χ1) is 17.7. The molecule has 2 aliphatic rings. The number of amides is 1. The molecule has 37 heavy (non-hydrogen) atoms. The highest BCUT2D eigenvalue weighted by Gasteiger charge is 2.41. The van der Waals surface area contributed by atoms with Gasteiger partial charge in [0.05, 0.1) is 16.9 Å². The quantitative estimate of drug-likeness (QED) is 0.310. The molecule has 2 aromatic rings. The number of aromatic hydroxyl groups is 3. The van der Waals surface area contributed by atoms with Gasteiger partial charge in [-0.25, -0.2) is 0 Å². The lowest BCUT2D eigenvalue weighted by molar-refractivity contribution is 0.0990. The van der Waals surface area contributed by atoms with Crippen molar-refractivity contribution in [1.29, 1.82) is 0 Å². The van der Waals surface area contributed by atoms with Crippen LogP contribution in [-0.4, -0.2) is 33.8 Å². The zero-order valence-corrected chi connectivity index (χ0v) is 22.3. The van der Waals surface area contributed by atoms with E-state index in [0.717, 1.165) is 44.1 Å². The number of anilines is 3. The number of allylic oxidation sites excluding steroid dienone is 5. The molecule has 1 saturated carbocycles. The van der Waals surface area contributed by atoms with Crippen molar-refractivity contribution in [2.24, 2.45) is 0 Å². The van der Waals surface area contributed by atoms with Gasteiger partial charge >= 0.3 is 0 Å². The van der Waals surface area contributed by atoms with E-state index in [9.17, 15) is 20.1 Å². The highest BCUT2D eigenvalue weighted by atomic mass is 16.3. The van der Waals surface area contributed by atoms with Crippen LogP contribution in [0.3, 0.4) is 0 Å². The first-order valence-electron chi connectivity index (χ1n) is 13.1. The van der Waals surface area contributed by atoms with Crippen LogP contribution in [-0.2, 0) is 0 Å². The maximum Gasteiger partial charge on any atom is 0.260 e. The number of hydrogen-bond donors (Lipinski definition) is 3. The number of carbonyl (C=O) groups is 1. The summed E-state index contributed by atoms with van der Waals surface area (Å²) < 4.78 is 0. The van der Waals surface area contributed by atoms with E-state index in [1.165, 1.54) is 23.3 Å². The van der Waals surface area contributed by atoms with Gasteiger partial charge in [0.15, 0.2) is 0 Å². The van der Waals surface area contributed by atoms with Gasteiger partial charge in [-0.1, -0.05) is 41.0 Å². The second-order valence-corrected chi connectivity index (χ2v) is 10.5. The molecule has 0 saturated heterocycles. The molecule has 1 aliphatic carbocycles. The van der Waals surface area contributed by atoms with Crippen LogP contribution in [0.15, 0.2) is 65.3 Å². The second kappa shape index (κ2) is 11.2. The fourth-order valence-electron chi connectivity index (χ4n) is 4.83. The number of hydrogen-bond acceptors (Lipinski definition) is 5. The van der Waals surface area contributed by atoms with Gasteiger partial charge < -0.3 is 25.1 Å². The molecular weight excluding hydrogens is 464 g/mol. The van der Waals surface area contributed by atoms with Crippen molar-refractivity contribution in [2.45, 2.75) is 72.3 Å². The van der Waals surface area contributed by atoms with Crippen LogP contribution in [0.5, 0.6) is 17.2 Å². The zero-order chi connectivity index (χ0) is 26.7. The summed E-state index contributed by atoms with van der Waals surface area (Å²) in [7, 11) is 0. The summed E-state index contributed by atoms with van der Waals surface area (Å²) in [5.41, 5.74) is 5.54. The van der Waals surface area contributed by atoms with Crippen LogP contribution in [0.1, 0.15) is 76.6 Å². The van der Waals surface area contributed by atoms with Crippen molar-refractivity contribution >= 4 is 23.0 Å². The summed E-state index contributed by atoms with van der Waals surface area (Å²) in [6.07, 6.45) is 12.3. The van der Waals surface area contributed by atoms with E-state index >= 15 is 0 Å². The third-order valence-corrected chi connectivity index (χ3v) is 6.97. The van der Waals surface area contributed by atoms with Crippen LogP contribution in [0.25, 0.3) is 0 Å². The van der Waals surface area contributed by atoms with Gasteiger partial charge in [-0.2, -0.15) is 0 Å². The number of fused-ring (bicyclic) bond motifs is 2. The summed E-state index contributed by atoms with van der Waals surface area (Å²) in [6, 6.07) is 7.81. The largest absolute Gasteiger partial charge is 0.508 e. The summed E-state index contributed by atoms with van der Waals surface area (Å²) in [5, 5.41) is 32.0. The Morgan fingerprint density at radius 3 is 2.24 bits per heavy atom. The third kappa shape index (κ3) is 6.01. The number of phenolic OH excluding ortho intramolecular Hbond substituents is 3. The van der Waals surface area contributed by atoms with E-state index in [4.69, 9.17) is 0 Å². The number of carbonyl (C=O) groups excluding carboxylic acids is 1. The summed E-state index contributed by atoms with van der Waals surface area (Å²) in [6.45, 7) is 8.76. The molecule has 6 heteroatoms. The summed E-state index contributed by atoms with van der Waals surface area (Å²) in [5.74, 6) is -0.518. The van der Waals surface area contributed by atoms with Crippen molar-refractivity contribution in [3.8, 4) is 17.2 Å². The van der Waals surface area contributed by atoms with E-state index in [1.54, 1.807) is 23.1 Å². The number of phenols is 3. The van der Waals surface area contributed by atoms with Gasteiger partial charge in [0.2, 0.25) is 0 Å². The molecule has 0 atom stereocenters. The van der Waals surface area contributed by atoms with Crippen molar-refractivity contribution in [3.63, 3.8) is 0 Å². The van der Waals surface area contributed by atoms with Gasteiger partial charge in [0.1, 0.15) is 22.9 Å². The summed E-state index contributed by atoms with van der Waals surface area (Å²) >= 11 is 0. The molecule has 6 nitrogen and oxygen atoms in total. The third-order valence-electron chi connectivity index (χ3n) is 6.97.